The SMILES string of the molecule is N=C(N)C1=CC(Cc2cc3c(c(C4COCCN4)c2)CN(C(=O)N2CC4CCC(C2)O4)CC3)=CNC=C1Cl. The van der Waals surface area contributed by atoms with Gasteiger partial charge in [-0.2, -0.15) is 0 Å². The normalized spacial score (nSPS) is 27.0. The van der Waals surface area contributed by atoms with Gasteiger partial charge in [-0.3, -0.25) is 5.41 Å². The van der Waals surface area contributed by atoms with Crippen molar-refractivity contribution in [1.82, 2.24) is 20.4 Å². The van der Waals surface area contributed by atoms with Crippen LogP contribution < -0.4 is 16.4 Å². The fourth-order valence-electron chi connectivity index (χ4n) is 6.22. The van der Waals surface area contributed by atoms with E-state index in [9.17, 15) is 4.79 Å². The van der Waals surface area contributed by atoms with Crippen LogP contribution in [0.5, 0.6) is 0 Å². The number of halogens is 1. The lowest BCUT2D eigenvalue weighted by atomic mass is 9.87. The molecule has 0 saturated carbocycles. The number of hydrogen-bond donors (Lipinski definition) is 4. The number of fused-ring (bicyclic) bond motifs is 3. The molecule has 3 atom stereocenters. The fraction of sp³-hybridized carbons (Fsp3) is 0.500. The molecule has 38 heavy (non-hydrogen) atoms. The number of amidine groups is 1. The molecule has 9 nitrogen and oxygen atoms in total. The minimum absolute atomic E-state index is 0.0615. The van der Waals surface area contributed by atoms with Crippen molar-refractivity contribution >= 4 is 23.5 Å². The minimum atomic E-state index is -0.0615. The summed E-state index contributed by atoms with van der Waals surface area (Å²) >= 11 is 6.30. The molecule has 5 aliphatic heterocycles. The molecule has 1 aromatic carbocycles. The number of carbonyl (C=O) groups excluding carboxylic acids is 1. The molecule has 0 radical (unpaired) electrons. The van der Waals surface area contributed by atoms with E-state index in [4.69, 9.17) is 32.2 Å². The van der Waals surface area contributed by atoms with Gasteiger partial charge in [-0.15, -0.1) is 0 Å². The van der Waals surface area contributed by atoms with E-state index in [0.29, 0.717) is 56.4 Å². The maximum atomic E-state index is 13.5. The smallest absolute Gasteiger partial charge is 0.320 e. The van der Waals surface area contributed by atoms with Crippen LogP contribution >= 0.6 is 11.6 Å². The van der Waals surface area contributed by atoms with Crippen LogP contribution in [0, 0.1) is 5.41 Å². The van der Waals surface area contributed by atoms with Crippen molar-refractivity contribution in [3.8, 4) is 0 Å². The minimum Gasteiger partial charge on any atom is -0.384 e. The first-order valence-corrected chi connectivity index (χ1v) is 13.8. The lowest BCUT2D eigenvalue weighted by Crippen LogP contribution is -2.52. The van der Waals surface area contributed by atoms with Gasteiger partial charge in [0, 0.05) is 50.7 Å². The van der Waals surface area contributed by atoms with Gasteiger partial charge in [0.15, 0.2) is 0 Å². The van der Waals surface area contributed by atoms with Crippen molar-refractivity contribution in [2.75, 3.05) is 39.4 Å². The first-order chi connectivity index (χ1) is 18.4. The highest BCUT2D eigenvalue weighted by Gasteiger charge is 2.38. The average molecular weight is 539 g/mol. The number of likely N-dealkylation sites (tertiary alicyclic amines) is 1. The van der Waals surface area contributed by atoms with E-state index < -0.39 is 0 Å². The lowest BCUT2D eigenvalue weighted by Gasteiger charge is -2.39. The Balaban J connectivity index is 1.27. The quantitative estimate of drug-likeness (QED) is 0.346. The molecule has 0 aliphatic carbocycles. The number of rotatable bonds is 4. The zero-order valence-corrected chi connectivity index (χ0v) is 22.2. The summed E-state index contributed by atoms with van der Waals surface area (Å²) in [4.78, 5) is 17.5. The molecule has 3 fully saturated rings. The van der Waals surface area contributed by atoms with Gasteiger partial charge in [-0.05, 0) is 59.6 Å². The van der Waals surface area contributed by atoms with Gasteiger partial charge < -0.3 is 35.6 Å². The molecular weight excluding hydrogens is 504 g/mol. The summed E-state index contributed by atoms with van der Waals surface area (Å²) < 4.78 is 11.8. The molecule has 3 unspecified atom stereocenters. The second kappa shape index (κ2) is 10.7. The number of morpholine rings is 2. The molecule has 3 saturated heterocycles. The van der Waals surface area contributed by atoms with Crippen molar-refractivity contribution < 1.29 is 14.3 Å². The summed E-state index contributed by atoms with van der Waals surface area (Å²) in [6.45, 7) is 4.80. The van der Waals surface area contributed by atoms with Crippen molar-refractivity contribution in [3.05, 3.63) is 69.0 Å². The molecule has 202 valence electrons. The van der Waals surface area contributed by atoms with Gasteiger partial charge in [0.25, 0.3) is 0 Å². The zero-order chi connectivity index (χ0) is 26.2. The molecule has 5 aliphatic rings. The van der Waals surface area contributed by atoms with Crippen molar-refractivity contribution in [2.45, 2.75) is 50.5 Å². The largest absolute Gasteiger partial charge is 0.384 e. The third kappa shape index (κ3) is 5.20. The Hall–Kier alpha value is -2.85. The number of carbonyl (C=O) groups is 1. The van der Waals surface area contributed by atoms with E-state index >= 15 is 0 Å². The fourth-order valence-corrected chi connectivity index (χ4v) is 6.44. The highest BCUT2D eigenvalue weighted by Crippen LogP contribution is 2.33. The first-order valence-electron chi connectivity index (χ1n) is 13.5. The van der Waals surface area contributed by atoms with Crippen LogP contribution in [0.1, 0.15) is 41.1 Å². The van der Waals surface area contributed by atoms with Gasteiger partial charge in [0.2, 0.25) is 0 Å². The summed E-state index contributed by atoms with van der Waals surface area (Å²) in [5, 5.41) is 15.0. The Labute approximate surface area is 228 Å². The number of nitrogens with two attached hydrogens (primary N) is 1. The van der Waals surface area contributed by atoms with Crippen LogP contribution in [0.3, 0.4) is 0 Å². The number of nitrogens with zero attached hydrogens (tertiary/aromatic N) is 2. The molecular formula is C28H35ClN6O3. The van der Waals surface area contributed by atoms with E-state index in [1.54, 1.807) is 6.20 Å². The Morgan fingerprint density at radius 2 is 2.00 bits per heavy atom. The molecule has 1 aromatic rings. The zero-order valence-electron chi connectivity index (χ0n) is 21.5. The molecule has 0 aromatic heterocycles. The Kier molecular flexibility index (Phi) is 7.18. The third-order valence-electron chi connectivity index (χ3n) is 8.08. The monoisotopic (exact) mass is 538 g/mol. The van der Waals surface area contributed by atoms with Gasteiger partial charge in [0.05, 0.1) is 36.5 Å². The van der Waals surface area contributed by atoms with Crippen molar-refractivity contribution in [1.29, 1.82) is 5.41 Å². The van der Waals surface area contributed by atoms with E-state index in [2.05, 4.69) is 22.8 Å². The number of urea groups is 1. The third-order valence-corrected chi connectivity index (χ3v) is 8.40. The molecule has 2 bridgehead atoms. The van der Waals surface area contributed by atoms with Crippen LogP contribution in [0.25, 0.3) is 0 Å². The van der Waals surface area contributed by atoms with Gasteiger partial charge in [0.1, 0.15) is 5.84 Å². The molecule has 5 heterocycles. The Bertz CT molecular complexity index is 1210. The summed E-state index contributed by atoms with van der Waals surface area (Å²) in [5.74, 6) is -0.0615. The number of benzene rings is 1. The summed E-state index contributed by atoms with van der Waals surface area (Å²) in [5.41, 5.74) is 12.1. The Morgan fingerprint density at radius 1 is 1.18 bits per heavy atom. The van der Waals surface area contributed by atoms with Crippen LogP contribution in [-0.4, -0.2) is 73.3 Å². The van der Waals surface area contributed by atoms with Crippen LogP contribution in [0.4, 0.5) is 4.79 Å². The molecule has 6 rings (SSSR count). The van der Waals surface area contributed by atoms with Crippen molar-refractivity contribution in [3.63, 3.8) is 0 Å². The maximum absolute atomic E-state index is 13.5. The van der Waals surface area contributed by atoms with Gasteiger partial charge in [-0.1, -0.05) is 23.7 Å². The van der Waals surface area contributed by atoms with E-state index in [-0.39, 0.29) is 30.1 Å². The number of nitrogens with one attached hydrogen (secondary N) is 3. The highest BCUT2D eigenvalue weighted by molar-refractivity contribution is 6.35. The van der Waals surface area contributed by atoms with Crippen LogP contribution in [0.15, 0.2) is 46.8 Å². The molecule has 5 N–H and O–H groups in total. The Morgan fingerprint density at radius 3 is 2.74 bits per heavy atom. The maximum Gasteiger partial charge on any atom is 0.320 e. The van der Waals surface area contributed by atoms with Crippen LogP contribution in [-0.2, 0) is 28.9 Å². The average Bonchev–Trinajstić information content (AvgIpc) is 3.15. The predicted molar refractivity (Wildman–Crippen MR) is 146 cm³/mol. The second-order valence-corrected chi connectivity index (χ2v) is 11.2. The van der Waals surface area contributed by atoms with Gasteiger partial charge >= 0.3 is 6.03 Å². The standard InChI is InChI=1S/C28H35ClN6O3/c29-25-12-32-11-18(10-23(25)27(30)31)7-17-8-19-3-5-34(28(36)35-13-20-1-2-21(14-35)38-20)15-24(19)22(9-17)26-16-37-6-4-33-26/h8-12,20-21,26,32-33H,1-7,13-16H2,(H3,30,31). The summed E-state index contributed by atoms with van der Waals surface area (Å²) in [7, 11) is 0. The van der Waals surface area contributed by atoms with Crippen LogP contribution in [0.2, 0.25) is 0 Å². The number of amides is 2. The molecule has 0 spiro atoms. The number of ether oxygens (including phenoxy) is 2. The van der Waals surface area contributed by atoms with E-state index in [1.165, 1.54) is 22.3 Å². The number of allylic oxidation sites excluding steroid dienone is 2. The second-order valence-electron chi connectivity index (χ2n) is 10.7. The van der Waals surface area contributed by atoms with Gasteiger partial charge in [-0.25, -0.2) is 4.79 Å². The van der Waals surface area contributed by atoms with E-state index in [0.717, 1.165) is 31.4 Å². The highest BCUT2D eigenvalue weighted by atomic mass is 35.5. The summed E-state index contributed by atoms with van der Waals surface area (Å²) in [6.07, 6.45) is 9.37. The topological polar surface area (TPSA) is 116 Å². The predicted octanol–water partition coefficient (Wildman–Crippen LogP) is 2.66. The molecule has 10 heteroatoms. The van der Waals surface area contributed by atoms with E-state index in [1.807, 2.05) is 22.1 Å². The van der Waals surface area contributed by atoms with Crippen molar-refractivity contribution in [2.24, 2.45) is 5.73 Å². The lowest BCUT2D eigenvalue weighted by molar-refractivity contribution is -0.0291. The number of hydrogen-bond acceptors (Lipinski definition) is 6. The first kappa shape index (κ1) is 25.4. The summed E-state index contributed by atoms with van der Waals surface area (Å²) in [6, 6.07) is 4.71. The molecule has 2 amide bonds.